The Balaban J connectivity index is 1.85. The summed E-state index contributed by atoms with van der Waals surface area (Å²) >= 11 is 1.30. The predicted octanol–water partition coefficient (Wildman–Crippen LogP) is 2.89. The molecule has 26 heavy (non-hydrogen) atoms. The maximum Gasteiger partial charge on any atom is 0.350 e. The van der Waals surface area contributed by atoms with Crippen LogP contribution in [0.5, 0.6) is 0 Å². The van der Waals surface area contributed by atoms with Crippen molar-refractivity contribution in [3.05, 3.63) is 51.0 Å². The summed E-state index contributed by atoms with van der Waals surface area (Å²) < 4.78 is 5.01. The molecule has 136 valence electrons. The number of aromatic amines is 1. The third-order valence-electron chi connectivity index (χ3n) is 3.88. The van der Waals surface area contributed by atoms with E-state index in [1.165, 1.54) is 11.3 Å². The molecule has 0 fully saturated rings. The number of H-pyrrole nitrogens is 1. The highest BCUT2D eigenvalue weighted by Crippen LogP contribution is 2.25. The van der Waals surface area contributed by atoms with Gasteiger partial charge < -0.3 is 14.6 Å². The summed E-state index contributed by atoms with van der Waals surface area (Å²) in [6, 6.07) is 5.66. The number of hydrogen-bond donors (Lipinski definition) is 1. The Morgan fingerprint density at radius 3 is 2.88 bits per heavy atom. The third kappa shape index (κ3) is 3.75. The van der Waals surface area contributed by atoms with E-state index in [9.17, 15) is 9.59 Å². The molecular formula is C18H20N4O3S. The van der Waals surface area contributed by atoms with Crippen LogP contribution in [-0.2, 0) is 11.3 Å². The molecular weight excluding hydrogens is 352 g/mol. The number of esters is 1. The first-order valence-electron chi connectivity index (χ1n) is 8.39. The second kappa shape index (κ2) is 7.65. The minimum Gasteiger partial charge on any atom is -0.462 e. The van der Waals surface area contributed by atoms with Gasteiger partial charge in [0.05, 0.1) is 23.7 Å². The highest BCUT2D eigenvalue weighted by Gasteiger charge is 2.16. The Morgan fingerprint density at radius 2 is 2.15 bits per heavy atom. The predicted molar refractivity (Wildman–Crippen MR) is 102 cm³/mol. The lowest BCUT2D eigenvalue weighted by Gasteiger charge is -2.20. The number of anilines is 1. The minimum absolute atomic E-state index is 0.142. The smallest absolute Gasteiger partial charge is 0.350 e. The molecule has 8 heteroatoms. The molecule has 0 aliphatic heterocycles. The fourth-order valence-corrected chi connectivity index (χ4v) is 3.52. The van der Waals surface area contributed by atoms with Gasteiger partial charge in [0.25, 0.3) is 5.56 Å². The van der Waals surface area contributed by atoms with Crippen LogP contribution in [0.15, 0.2) is 29.2 Å². The van der Waals surface area contributed by atoms with Crippen molar-refractivity contribution in [3.63, 3.8) is 0 Å². The molecule has 2 aromatic heterocycles. The summed E-state index contributed by atoms with van der Waals surface area (Å²) in [5, 5.41) is 1.31. The number of carbonyl (C=O) groups excluding carboxylic acids is 1. The van der Waals surface area contributed by atoms with Crippen molar-refractivity contribution in [2.75, 3.05) is 18.1 Å². The van der Waals surface area contributed by atoms with E-state index in [1.54, 1.807) is 20.0 Å². The number of ether oxygens (including phenoxy) is 1. The first-order valence-corrected chi connectivity index (χ1v) is 9.21. The first-order chi connectivity index (χ1) is 12.5. The van der Waals surface area contributed by atoms with Crippen molar-refractivity contribution in [1.82, 2.24) is 15.0 Å². The number of fused-ring (bicyclic) bond motifs is 1. The van der Waals surface area contributed by atoms with Crippen molar-refractivity contribution in [3.8, 4) is 0 Å². The average Bonchev–Trinajstić information content (AvgIpc) is 3.10. The number of aromatic nitrogens is 3. The molecule has 0 atom stereocenters. The Morgan fingerprint density at radius 1 is 1.35 bits per heavy atom. The van der Waals surface area contributed by atoms with Gasteiger partial charge in [-0.15, -0.1) is 0 Å². The summed E-state index contributed by atoms with van der Waals surface area (Å²) in [7, 11) is 0. The normalized spacial score (nSPS) is 10.9. The summed E-state index contributed by atoms with van der Waals surface area (Å²) in [6.07, 6.45) is 1.54. The molecule has 2 heterocycles. The van der Waals surface area contributed by atoms with Crippen LogP contribution < -0.4 is 10.5 Å². The highest BCUT2D eigenvalue weighted by atomic mass is 32.1. The number of carbonyl (C=O) groups is 1. The summed E-state index contributed by atoms with van der Waals surface area (Å²) in [5.41, 5.74) is 1.51. The Bertz CT molecular complexity index is 996. The van der Waals surface area contributed by atoms with Crippen molar-refractivity contribution in [2.45, 2.75) is 27.3 Å². The van der Waals surface area contributed by atoms with Gasteiger partial charge in [-0.25, -0.2) is 14.8 Å². The van der Waals surface area contributed by atoms with Crippen LogP contribution in [-0.4, -0.2) is 34.1 Å². The molecule has 3 aromatic rings. The maximum absolute atomic E-state index is 12.1. The van der Waals surface area contributed by atoms with Crippen LogP contribution in [0.4, 0.5) is 5.13 Å². The van der Waals surface area contributed by atoms with Crippen LogP contribution in [0, 0.1) is 6.92 Å². The largest absolute Gasteiger partial charge is 0.462 e. The number of nitrogens with one attached hydrogen (secondary N) is 1. The molecule has 0 unspecified atom stereocenters. The van der Waals surface area contributed by atoms with Gasteiger partial charge in [0.15, 0.2) is 5.13 Å². The molecule has 0 bridgehead atoms. The van der Waals surface area contributed by atoms with E-state index in [2.05, 4.69) is 15.0 Å². The van der Waals surface area contributed by atoms with Gasteiger partial charge in [-0.05, 0) is 38.5 Å². The number of thiazole rings is 1. The Labute approximate surface area is 154 Å². The molecule has 0 amide bonds. The van der Waals surface area contributed by atoms with Gasteiger partial charge >= 0.3 is 5.97 Å². The number of nitrogens with zero attached hydrogens (tertiary/aromatic N) is 3. The summed E-state index contributed by atoms with van der Waals surface area (Å²) in [5.74, 6) is 0.241. The van der Waals surface area contributed by atoms with E-state index in [-0.39, 0.29) is 11.5 Å². The second-order valence-corrected chi connectivity index (χ2v) is 6.75. The zero-order valence-electron chi connectivity index (χ0n) is 14.9. The van der Waals surface area contributed by atoms with E-state index in [0.29, 0.717) is 34.8 Å². The van der Waals surface area contributed by atoms with Crippen molar-refractivity contribution in [1.29, 1.82) is 0 Å². The third-order valence-corrected chi connectivity index (χ3v) is 4.92. The van der Waals surface area contributed by atoms with Gasteiger partial charge in [0.1, 0.15) is 10.7 Å². The zero-order chi connectivity index (χ0) is 18.7. The number of aryl methyl sites for hydroxylation is 1. The molecule has 1 N–H and O–H groups in total. The van der Waals surface area contributed by atoms with Crippen LogP contribution in [0.1, 0.15) is 34.9 Å². The van der Waals surface area contributed by atoms with Gasteiger partial charge in [0, 0.05) is 13.1 Å². The minimum atomic E-state index is -0.356. The fraction of sp³-hybridized carbons (Fsp3) is 0.333. The molecule has 0 saturated heterocycles. The lowest BCUT2D eigenvalue weighted by Crippen LogP contribution is -2.22. The Kier molecular flexibility index (Phi) is 5.32. The molecule has 0 spiro atoms. The molecule has 0 radical (unpaired) electrons. The number of rotatable bonds is 6. The molecule has 3 rings (SSSR count). The van der Waals surface area contributed by atoms with Crippen molar-refractivity contribution < 1.29 is 9.53 Å². The molecule has 0 aliphatic rings. The standard InChI is InChI=1S/C18H20N4O3S/c1-4-22(18-19-9-15(26-18)17(24)25-5-2)10-12-6-7-14-13(8-12)16(23)21-11(3)20-14/h6-9H,4-5,10H2,1-3H3,(H,20,21,23). The average molecular weight is 372 g/mol. The molecule has 0 aliphatic carbocycles. The number of hydrogen-bond acceptors (Lipinski definition) is 7. The van der Waals surface area contributed by atoms with Crippen LogP contribution in [0.25, 0.3) is 10.9 Å². The maximum atomic E-state index is 12.1. The van der Waals surface area contributed by atoms with Crippen LogP contribution in [0.3, 0.4) is 0 Å². The lowest BCUT2D eigenvalue weighted by atomic mass is 10.1. The van der Waals surface area contributed by atoms with E-state index < -0.39 is 0 Å². The topological polar surface area (TPSA) is 88.2 Å². The zero-order valence-corrected chi connectivity index (χ0v) is 15.7. The SMILES string of the molecule is CCOC(=O)c1cnc(N(CC)Cc2ccc3nc(C)[nH]c(=O)c3c2)s1. The van der Waals surface area contributed by atoms with Gasteiger partial charge in [0.2, 0.25) is 0 Å². The van der Waals surface area contributed by atoms with Crippen LogP contribution in [0.2, 0.25) is 0 Å². The van der Waals surface area contributed by atoms with E-state index >= 15 is 0 Å². The summed E-state index contributed by atoms with van der Waals surface area (Å²) in [4.78, 5) is 37.9. The summed E-state index contributed by atoms with van der Waals surface area (Å²) in [6.45, 7) is 7.19. The fourth-order valence-electron chi connectivity index (χ4n) is 2.64. The van der Waals surface area contributed by atoms with E-state index in [0.717, 1.165) is 17.2 Å². The quantitative estimate of drug-likeness (QED) is 0.670. The van der Waals surface area contributed by atoms with Crippen LogP contribution >= 0.6 is 11.3 Å². The highest BCUT2D eigenvalue weighted by molar-refractivity contribution is 7.17. The Hall–Kier alpha value is -2.74. The monoisotopic (exact) mass is 372 g/mol. The van der Waals surface area contributed by atoms with Gasteiger partial charge in [-0.3, -0.25) is 4.79 Å². The molecule has 7 nitrogen and oxygen atoms in total. The molecule has 1 aromatic carbocycles. The molecule has 0 saturated carbocycles. The first kappa shape index (κ1) is 18.1. The lowest BCUT2D eigenvalue weighted by molar-refractivity contribution is 0.0532. The second-order valence-electron chi connectivity index (χ2n) is 5.74. The van der Waals surface area contributed by atoms with E-state index in [4.69, 9.17) is 4.74 Å². The van der Waals surface area contributed by atoms with Gasteiger partial charge in [-0.2, -0.15) is 0 Å². The number of benzene rings is 1. The van der Waals surface area contributed by atoms with E-state index in [1.807, 2.05) is 30.0 Å². The van der Waals surface area contributed by atoms with Gasteiger partial charge in [-0.1, -0.05) is 17.4 Å². The van der Waals surface area contributed by atoms with Crippen molar-refractivity contribution in [2.24, 2.45) is 0 Å². The van der Waals surface area contributed by atoms with Crippen molar-refractivity contribution >= 4 is 33.3 Å².